The summed E-state index contributed by atoms with van der Waals surface area (Å²) < 4.78 is 6.55. The number of aromatic nitrogens is 1. The highest BCUT2D eigenvalue weighted by Crippen LogP contribution is 2.18. The van der Waals surface area contributed by atoms with Crippen molar-refractivity contribution >= 4 is 10.9 Å². The fourth-order valence-electron chi connectivity index (χ4n) is 1.99. The summed E-state index contributed by atoms with van der Waals surface area (Å²) in [6, 6.07) is 19.1. The second-order valence-corrected chi connectivity index (χ2v) is 4.33. The molecule has 0 amide bonds. The highest BCUT2D eigenvalue weighted by atomic mass is 16.5. The van der Waals surface area contributed by atoms with Crippen molar-refractivity contribution in [3.8, 4) is 5.75 Å². The third-order valence-corrected chi connectivity index (χ3v) is 2.98. The van der Waals surface area contributed by atoms with E-state index in [1.54, 1.807) is 12.1 Å². The quantitative estimate of drug-likeness (QED) is 0.530. The lowest BCUT2D eigenvalue weighted by atomic mass is 10.2. The number of benzene rings is 2. The van der Waals surface area contributed by atoms with Crippen LogP contribution in [0.5, 0.6) is 5.75 Å². The molecule has 19 heavy (non-hydrogen) atoms. The largest absolute Gasteiger partial charge is 0.618 e. The van der Waals surface area contributed by atoms with Crippen molar-refractivity contribution in [2.24, 2.45) is 0 Å². The van der Waals surface area contributed by atoms with Gasteiger partial charge in [0.25, 0.3) is 0 Å². The van der Waals surface area contributed by atoms with Crippen LogP contribution in [-0.2, 0) is 6.61 Å². The van der Waals surface area contributed by atoms with Crippen molar-refractivity contribution in [2.45, 2.75) is 6.61 Å². The summed E-state index contributed by atoms with van der Waals surface area (Å²) in [6.07, 6.45) is 1.49. The maximum Gasteiger partial charge on any atom is 0.227 e. The van der Waals surface area contributed by atoms with Crippen LogP contribution < -0.4 is 9.47 Å². The average Bonchev–Trinajstić information content (AvgIpc) is 2.47. The Morgan fingerprint density at radius 2 is 1.79 bits per heavy atom. The number of pyridine rings is 1. The lowest BCUT2D eigenvalue weighted by Gasteiger charge is -2.07. The SMILES string of the molecule is [O-][n+]1cccc2ccc(OCc3ccccc3)cc21. The van der Waals surface area contributed by atoms with Crippen molar-refractivity contribution in [2.75, 3.05) is 0 Å². The summed E-state index contributed by atoms with van der Waals surface area (Å²) in [4.78, 5) is 0. The summed E-state index contributed by atoms with van der Waals surface area (Å²) in [6.45, 7) is 0.498. The van der Waals surface area contributed by atoms with Gasteiger partial charge in [-0.15, -0.1) is 0 Å². The van der Waals surface area contributed by atoms with Crippen molar-refractivity contribution in [1.82, 2.24) is 0 Å². The second kappa shape index (κ2) is 4.98. The second-order valence-electron chi connectivity index (χ2n) is 4.33. The number of rotatable bonds is 3. The first-order valence-corrected chi connectivity index (χ1v) is 6.11. The van der Waals surface area contributed by atoms with E-state index >= 15 is 0 Å². The van der Waals surface area contributed by atoms with Gasteiger partial charge in [0.05, 0.1) is 6.07 Å². The average molecular weight is 251 g/mol. The van der Waals surface area contributed by atoms with E-state index in [0.29, 0.717) is 17.9 Å². The van der Waals surface area contributed by atoms with Gasteiger partial charge in [-0.1, -0.05) is 30.3 Å². The minimum atomic E-state index is 0.498. The third-order valence-electron chi connectivity index (χ3n) is 2.98. The molecule has 0 spiro atoms. The molecule has 0 N–H and O–H groups in total. The predicted molar refractivity (Wildman–Crippen MR) is 73.7 cm³/mol. The number of fused-ring (bicyclic) bond motifs is 1. The molecule has 0 atom stereocenters. The predicted octanol–water partition coefficient (Wildman–Crippen LogP) is 3.05. The molecule has 3 aromatic rings. The zero-order chi connectivity index (χ0) is 13.1. The normalized spacial score (nSPS) is 10.5. The van der Waals surface area contributed by atoms with E-state index in [9.17, 15) is 5.21 Å². The molecule has 1 heterocycles. The van der Waals surface area contributed by atoms with Gasteiger partial charge in [-0.05, 0) is 23.8 Å². The van der Waals surface area contributed by atoms with Gasteiger partial charge in [-0.3, -0.25) is 0 Å². The molecule has 3 nitrogen and oxygen atoms in total. The van der Waals surface area contributed by atoms with Crippen LogP contribution in [0.15, 0.2) is 66.9 Å². The van der Waals surface area contributed by atoms with Crippen LogP contribution >= 0.6 is 0 Å². The van der Waals surface area contributed by atoms with Gasteiger partial charge in [-0.2, -0.15) is 4.73 Å². The van der Waals surface area contributed by atoms with E-state index in [-0.39, 0.29) is 0 Å². The van der Waals surface area contributed by atoms with Gasteiger partial charge < -0.3 is 9.94 Å². The standard InChI is InChI=1S/C16H13NO2/c18-17-10-4-7-14-8-9-15(11-16(14)17)19-12-13-5-2-1-3-6-13/h1-11H,12H2. The zero-order valence-corrected chi connectivity index (χ0v) is 10.3. The summed E-state index contributed by atoms with van der Waals surface area (Å²) in [5, 5.41) is 12.6. The minimum Gasteiger partial charge on any atom is -0.618 e. The van der Waals surface area contributed by atoms with Crippen LogP contribution in [0.4, 0.5) is 0 Å². The molecule has 0 aliphatic heterocycles. The first-order chi connectivity index (χ1) is 9.33. The fraction of sp³-hybridized carbons (Fsp3) is 0.0625. The van der Waals surface area contributed by atoms with Crippen LogP contribution in [0.1, 0.15) is 5.56 Å². The Hall–Kier alpha value is -2.55. The monoisotopic (exact) mass is 251 g/mol. The molecule has 0 aliphatic carbocycles. The molecule has 3 heteroatoms. The van der Waals surface area contributed by atoms with Gasteiger partial charge in [0, 0.05) is 11.5 Å². The van der Waals surface area contributed by atoms with Gasteiger partial charge >= 0.3 is 0 Å². The smallest absolute Gasteiger partial charge is 0.227 e. The molecule has 0 fully saturated rings. The van der Waals surface area contributed by atoms with Crippen molar-refractivity contribution < 1.29 is 9.47 Å². The fourth-order valence-corrected chi connectivity index (χ4v) is 1.99. The Balaban J connectivity index is 1.84. The number of nitrogens with zero attached hydrogens (tertiary/aromatic N) is 1. The Labute approximate surface area is 111 Å². The topological polar surface area (TPSA) is 36.2 Å². The Kier molecular flexibility index (Phi) is 3.02. The maximum atomic E-state index is 11.7. The molecule has 0 unspecified atom stereocenters. The molecular formula is C16H13NO2. The number of hydrogen-bond acceptors (Lipinski definition) is 2. The summed E-state index contributed by atoms with van der Waals surface area (Å²) in [5.74, 6) is 0.701. The molecule has 3 rings (SSSR count). The minimum absolute atomic E-state index is 0.498. The molecule has 0 radical (unpaired) electrons. The Morgan fingerprint density at radius 3 is 2.63 bits per heavy atom. The summed E-state index contributed by atoms with van der Waals surface area (Å²) >= 11 is 0. The molecule has 2 aromatic carbocycles. The first kappa shape index (κ1) is 11.5. The lowest BCUT2D eigenvalue weighted by Crippen LogP contribution is -2.25. The van der Waals surface area contributed by atoms with Crippen molar-refractivity contribution in [3.63, 3.8) is 0 Å². The third kappa shape index (κ3) is 2.50. The molecule has 0 bridgehead atoms. The Morgan fingerprint density at radius 1 is 0.947 bits per heavy atom. The van der Waals surface area contributed by atoms with Crippen LogP contribution in [0.3, 0.4) is 0 Å². The number of ether oxygens (including phenoxy) is 1. The molecule has 94 valence electrons. The molecular weight excluding hydrogens is 238 g/mol. The highest BCUT2D eigenvalue weighted by Gasteiger charge is 2.05. The molecule has 0 saturated heterocycles. The molecule has 1 aromatic heterocycles. The van der Waals surface area contributed by atoms with E-state index in [0.717, 1.165) is 15.7 Å². The molecule has 0 aliphatic rings. The van der Waals surface area contributed by atoms with E-state index in [2.05, 4.69) is 0 Å². The van der Waals surface area contributed by atoms with Crippen molar-refractivity contribution in [1.29, 1.82) is 0 Å². The highest BCUT2D eigenvalue weighted by molar-refractivity contribution is 5.76. The molecule has 0 saturated carbocycles. The van der Waals surface area contributed by atoms with Gasteiger partial charge in [-0.25, -0.2) is 0 Å². The van der Waals surface area contributed by atoms with Crippen LogP contribution in [-0.4, -0.2) is 0 Å². The van der Waals surface area contributed by atoms with Crippen LogP contribution in [0.2, 0.25) is 0 Å². The summed E-state index contributed by atoms with van der Waals surface area (Å²) in [5.41, 5.74) is 1.72. The van der Waals surface area contributed by atoms with E-state index in [1.807, 2.05) is 48.5 Å². The van der Waals surface area contributed by atoms with Crippen molar-refractivity contribution in [3.05, 3.63) is 77.6 Å². The van der Waals surface area contributed by atoms with Crippen LogP contribution in [0.25, 0.3) is 10.9 Å². The Bertz CT molecular complexity index is 695. The number of hydrogen-bond donors (Lipinski definition) is 0. The van der Waals surface area contributed by atoms with E-state index in [1.165, 1.54) is 6.20 Å². The van der Waals surface area contributed by atoms with Gasteiger partial charge in [0.15, 0.2) is 6.20 Å². The van der Waals surface area contributed by atoms with Gasteiger partial charge in [0.2, 0.25) is 5.52 Å². The first-order valence-electron chi connectivity index (χ1n) is 6.11. The van der Waals surface area contributed by atoms with E-state index in [4.69, 9.17) is 4.74 Å². The van der Waals surface area contributed by atoms with E-state index < -0.39 is 0 Å². The van der Waals surface area contributed by atoms with Crippen LogP contribution in [0, 0.1) is 5.21 Å². The summed E-state index contributed by atoms with van der Waals surface area (Å²) in [7, 11) is 0. The lowest BCUT2D eigenvalue weighted by molar-refractivity contribution is -0.577. The van der Waals surface area contributed by atoms with Gasteiger partial charge in [0.1, 0.15) is 12.4 Å². The zero-order valence-electron chi connectivity index (χ0n) is 10.3. The maximum absolute atomic E-state index is 11.7.